The van der Waals surface area contributed by atoms with Gasteiger partial charge in [-0.2, -0.15) is 5.10 Å². The molecule has 5 heteroatoms. The van der Waals surface area contributed by atoms with E-state index < -0.39 is 0 Å². The van der Waals surface area contributed by atoms with E-state index >= 15 is 0 Å². The van der Waals surface area contributed by atoms with Gasteiger partial charge in [-0.05, 0) is 30.7 Å². The molecule has 0 aliphatic rings. The number of H-pyrrole nitrogens is 1. The Kier molecular flexibility index (Phi) is 3.52. The number of carbonyl (C=O) groups is 1. The molecular weight excluding hydrogens is 233 g/mol. The molecule has 0 spiro atoms. The lowest BCUT2D eigenvalue weighted by atomic mass is 10.1. The summed E-state index contributed by atoms with van der Waals surface area (Å²) >= 11 is 0. The van der Waals surface area contributed by atoms with Gasteiger partial charge in [-0.15, -0.1) is 0 Å². The second kappa shape index (κ2) is 5.27. The monoisotopic (exact) mass is 245 g/mol. The smallest absolute Gasteiger partial charge is 0.251 e. The third kappa shape index (κ3) is 3.04. The molecular formula is C13H12FN3O. The molecule has 0 aliphatic heterocycles. The van der Waals surface area contributed by atoms with E-state index in [9.17, 15) is 9.18 Å². The molecule has 2 aromatic rings. The van der Waals surface area contributed by atoms with Gasteiger partial charge in [-0.25, -0.2) is 4.39 Å². The number of hydrogen-bond donors (Lipinski definition) is 2. The van der Waals surface area contributed by atoms with Crippen molar-refractivity contribution < 1.29 is 9.18 Å². The van der Waals surface area contributed by atoms with Crippen LogP contribution in [0.2, 0.25) is 0 Å². The number of carbonyl (C=O) groups excluding carboxylic acids is 1. The Morgan fingerprint density at radius 3 is 2.72 bits per heavy atom. The van der Waals surface area contributed by atoms with Crippen molar-refractivity contribution in [1.29, 1.82) is 0 Å². The Balaban J connectivity index is 2.08. The topological polar surface area (TPSA) is 57.8 Å². The van der Waals surface area contributed by atoms with E-state index in [0.717, 1.165) is 5.56 Å². The fourth-order valence-corrected chi connectivity index (χ4v) is 1.42. The highest BCUT2D eigenvalue weighted by Gasteiger charge is 2.05. The van der Waals surface area contributed by atoms with Gasteiger partial charge in [0.15, 0.2) is 0 Å². The van der Waals surface area contributed by atoms with Gasteiger partial charge >= 0.3 is 0 Å². The molecule has 2 N–H and O–H groups in total. The molecule has 0 atom stereocenters. The number of halogens is 1. The Labute approximate surface area is 104 Å². The summed E-state index contributed by atoms with van der Waals surface area (Å²) in [4.78, 5) is 11.8. The number of hydrogen-bond acceptors (Lipinski definition) is 2. The van der Waals surface area contributed by atoms with Crippen LogP contribution in [0.3, 0.4) is 0 Å². The fourth-order valence-electron chi connectivity index (χ4n) is 1.42. The van der Waals surface area contributed by atoms with Crippen LogP contribution in [-0.2, 0) is 4.79 Å². The Bertz CT molecular complexity index is 558. The van der Waals surface area contributed by atoms with Crippen molar-refractivity contribution >= 4 is 17.7 Å². The minimum Gasteiger partial charge on any atom is -0.320 e. The lowest BCUT2D eigenvalue weighted by Crippen LogP contribution is -2.11. The standard InChI is InChI=1S/C13H12FN3O/c1-9(6-10-2-4-11(14)5-3-10)13(18)17-12-7-15-16-8-12/h2-8H,1H3,(H,15,16)(H,17,18). The van der Waals surface area contributed by atoms with E-state index in [0.29, 0.717) is 11.3 Å². The first kappa shape index (κ1) is 12.0. The molecule has 1 aromatic heterocycles. The first-order chi connectivity index (χ1) is 8.65. The maximum atomic E-state index is 12.7. The van der Waals surface area contributed by atoms with Crippen LogP contribution in [0.4, 0.5) is 10.1 Å². The zero-order valence-corrected chi connectivity index (χ0v) is 9.77. The largest absolute Gasteiger partial charge is 0.320 e. The van der Waals surface area contributed by atoms with Crippen molar-refractivity contribution in [2.45, 2.75) is 6.92 Å². The van der Waals surface area contributed by atoms with Gasteiger partial charge in [0.25, 0.3) is 5.91 Å². The van der Waals surface area contributed by atoms with Crippen LogP contribution in [0.15, 0.2) is 42.2 Å². The summed E-state index contributed by atoms with van der Waals surface area (Å²) < 4.78 is 12.7. The number of amides is 1. The van der Waals surface area contributed by atoms with Crippen molar-refractivity contribution in [3.63, 3.8) is 0 Å². The van der Waals surface area contributed by atoms with Crippen molar-refractivity contribution in [3.05, 3.63) is 53.6 Å². The molecule has 92 valence electrons. The quantitative estimate of drug-likeness (QED) is 0.816. The molecule has 0 aliphatic carbocycles. The minimum atomic E-state index is -0.298. The zero-order valence-electron chi connectivity index (χ0n) is 9.77. The van der Waals surface area contributed by atoms with Crippen LogP contribution in [0.1, 0.15) is 12.5 Å². The Hall–Kier alpha value is -2.43. The SMILES string of the molecule is CC(=Cc1ccc(F)cc1)C(=O)Nc1cn[nH]c1. The van der Waals surface area contributed by atoms with E-state index in [1.807, 2.05) is 0 Å². The molecule has 0 saturated carbocycles. The molecule has 0 fully saturated rings. The maximum absolute atomic E-state index is 12.7. The van der Waals surface area contributed by atoms with Gasteiger partial charge in [0.2, 0.25) is 0 Å². The summed E-state index contributed by atoms with van der Waals surface area (Å²) in [5.41, 5.74) is 1.91. The predicted octanol–water partition coefficient (Wildman–Crippen LogP) is 2.59. The summed E-state index contributed by atoms with van der Waals surface area (Å²) in [6.45, 7) is 1.69. The summed E-state index contributed by atoms with van der Waals surface area (Å²) in [7, 11) is 0. The highest BCUT2D eigenvalue weighted by molar-refractivity contribution is 6.06. The number of benzene rings is 1. The van der Waals surface area contributed by atoms with Crippen LogP contribution in [0.5, 0.6) is 0 Å². The van der Waals surface area contributed by atoms with Crippen molar-refractivity contribution in [3.8, 4) is 0 Å². The van der Waals surface area contributed by atoms with Crippen molar-refractivity contribution in [1.82, 2.24) is 10.2 Å². The normalized spacial score (nSPS) is 11.3. The van der Waals surface area contributed by atoms with Gasteiger partial charge in [0.05, 0.1) is 11.9 Å². The molecule has 18 heavy (non-hydrogen) atoms. The molecule has 0 saturated heterocycles. The van der Waals surface area contributed by atoms with E-state index in [-0.39, 0.29) is 11.7 Å². The van der Waals surface area contributed by atoms with Gasteiger partial charge in [0.1, 0.15) is 5.82 Å². The summed E-state index contributed by atoms with van der Waals surface area (Å²) in [5.74, 6) is -0.520. The summed E-state index contributed by atoms with van der Waals surface area (Å²) in [6.07, 6.45) is 4.79. The van der Waals surface area contributed by atoms with Crippen molar-refractivity contribution in [2.24, 2.45) is 0 Å². The molecule has 1 aromatic carbocycles. The van der Waals surface area contributed by atoms with Crippen LogP contribution in [0, 0.1) is 5.82 Å². The zero-order chi connectivity index (χ0) is 13.0. The molecule has 1 heterocycles. The van der Waals surface area contributed by atoms with Crippen LogP contribution < -0.4 is 5.32 Å². The van der Waals surface area contributed by atoms with Crippen LogP contribution >= 0.6 is 0 Å². The number of aromatic nitrogens is 2. The number of aromatic amines is 1. The number of nitrogens with zero attached hydrogens (tertiary/aromatic N) is 1. The third-order valence-electron chi connectivity index (χ3n) is 2.37. The van der Waals surface area contributed by atoms with Crippen LogP contribution in [-0.4, -0.2) is 16.1 Å². The number of rotatable bonds is 3. The van der Waals surface area contributed by atoms with Crippen molar-refractivity contribution in [2.75, 3.05) is 5.32 Å². The first-order valence-corrected chi connectivity index (χ1v) is 5.39. The van der Waals surface area contributed by atoms with Gasteiger partial charge < -0.3 is 5.32 Å². The molecule has 0 bridgehead atoms. The molecule has 0 unspecified atom stereocenters. The Morgan fingerprint density at radius 1 is 1.39 bits per heavy atom. The lowest BCUT2D eigenvalue weighted by Gasteiger charge is -2.02. The molecule has 2 rings (SSSR count). The summed E-state index contributed by atoms with van der Waals surface area (Å²) in [5, 5.41) is 9.01. The van der Waals surface area contributed by atoms with Gasteiger partial charge in [0, 0.05) is 11.8 Å². The highest BCUT2D eigenvalue weighted by atomic mass is 19.1. The van der Waals surface area contributed by atoms with E-state index in [4.69, 9.17) is 0 Å². The van der Waals surface area contributed by atoms with E-state index in [2.05, 4.69) is 15.5 Å². The maximum Gasteiger partial charge on any atom is 0.251 e. The average molecular weight is 245 g/mol. The minimum absolute atomic E-state index is 0.222. The molecule has 1 amide bonds. The van der Waals surface area contributed by atoms with Gasteiger partial charge in [-0.3, -0.25) is 9.89 Å². The average Bonchev–Trinajstić information content (AvgIpc) is 2.85. The number of nitrogens with one attached hydrogen (secondary N) is 2. The second-order valence-corrected chi connectivity index (χ2v) is 3.82. The highest BCUT2D eigenvalue weighted by Crippen LogP contribution is 2.10. The Morgan fingerprint density at radius 2 is 2.11 bits per heavy atom. The van der Waals surface area contributed by atoms with E-state index in [1.165, 1.54) is 18.3 Å². The second-order valence-electron chi connectivity index (χ2n) is 3.82. The first-order valence-electron chi connectivity index (χ1n) is 5.39. The molecule has 0 radical (unpaired) electrons. The van der Waals surface area contributed by atoms with E-state index in [1.54, 1.807) is 31.3 Å². The fraction of sp³-hybridized carbons (Fsp3) is 0.0769. The van der Waals surface area contributed by atoms with Crippen LogP contribution in [0.25, 0.3) is 6.08 Å². The summed E-state index contributed by atoms with van der Waals surface area (Å²) in [6, 6.07) is 5.94. The third-order valence-corrected chi connectivity index (χ3v) is 2.37. The van der Waals surface area contributed by atoms with Gasteiger partial charge in [-0.1, -0.05) is 12.1 Å². The molecule has 4 nitrogen and oxygen atoms in total. The predicted molar refractivity (Wildman–Crippen MR) is 67.3 cm³/mol. The number of anilines is 1. The lowest BCUT2D eigenvalue weighted by molar-refractivity contribution is -0.112.